The second-order valence-electron chi connectivity index (χ2n) is 5.78. The largest absolute Gasteiger partial charge is 0.240 e. The van der Waals surface area contributed by atoms with Gasteiger partial charge in [0.25, 0.3) is 0 Å². The average molecular weight is 374 g/mol. The minimum atomic E-state index is -3.42. The Kier molecular flexibility index (Phi) is 6.26. The third-order valence-electron chi connectivity index (χ3n) is 4.01. The van der Waals surface area contributed by atoms with Crippen molar-refractivity contribution >= 4 is 26.0 Å². The summed E-state index contributed by atoms with van der Waals surface area (Å²) < 4.78 is 27.9. The van der Waals surface area contributed by atoms with Crippen LogP contribution in [0.5, 0.6) is 0 Å². The van der Waals surface area contributed by atoms with E-state index in [9.17, 15) is 8.42 Å². The van der Waals surface area contributed by atoms with Gasteiger partial charge in [0.15, 0.2) is 0 Å². The van der Waals surface area contributed by atoms with E-state index in [1.54, 1.807) is 12.1 Å². The summed E-state index contributed by atoms with van der Waals surface area (Å²) in [7, 11) is -3.42. The molecule has 2 unspecified atom stereocenters. The molecule has 1 aromatic rings. The predicted molar refractivity (Wildman–Crippen MR) is 90.3 cm³/mol. The summed E-state index contributed by atoms with van der Waals surface area (Å²) in [4.78, 5) is 0.598. The van der Waals surface area contributed by atoms with Crippen LogP contribution in [-0.2, 0) is 16.4 Å². The molecule has 0 aromatic heterocycles. The van der Waals surface area contributed by atoms with Crippen LogP contribution in [0.4, 0.5) is 0 Å². The van der Waals surface area contributed by atoms with Crippen molar-refractivity contribution in [1.82, 2.24) is 4.72 Å². The van der Waals surface area contributed by atoms with Gasteiger partial charge in [0.1, 0.15) is 0 Å². The number of benzene rings is 1. The molecule has 1 aliphatic carbocycles. The van der Waals surface area contributed by atoms with Crippen LogP contribution in [0.25, 0.3) is 0 Å². The van der Waals surface area contributed by atoms with E-state index in [-0.39, 0.29) is 10.9 Å². The maximum Gasteiger partial charge on any atom is 0.240 e. The molecule has 1 fully saturated rings. The van der Waals surface area contributed by atoms with Gasteiger partial charge in [-0.25, -0.2) is 13.1 Å². The number of halogens is 1. The molecule has 0 amide bonds. The highest BCUT2D eigenvalue weighted by molar-refractivity contribution is 9.09. The number of sulfonamides is 1. The van der Waals surface area contributed by atoms with Gasteiger partial charge in [0.05, 0.1) is 4.90 Å². The fourth-order valence-electron chi connectivity index (χ4n) is 2.79. The number of alkyl halides is 1. The van der Waals surface area contributed by atoms with Gasteiger partial charge < -0.3 is 0 Å². The topological polar surface area (TPSA) is 46.2 Å². The highest BCUT2D eigenvalue weighted by atomic mass is 79.9. The fraction of sp³-hybridized carbons (Fsp3) is 0.625. The van der Waals surface area contributed by atoms with Gasteiger partial charge in [-0.05, 0) is 37.0 Å². The Bertz CT molecular complexity index is 542. The lowest BCUT2D eigenvalue weighted by molar-refractivity contribution is 0.521. The van der Waals surface area contributed by atoms with Gasteiger partial charge in [0.2, 0.25) is 10.0 Å². The SMILES string of the molecule is CCCc1ccc(S(=O)(=O)NC2CCCCCC2Br)cc1. The van der Waals surface area contributed by atoms with Gasteiger partial charge >= 0.3 is 0 Å². The van der Waals surface area contributed by atoms with Crippen molar-refractivity contribution in [3.63, 3.8) is 0 Å². The minimum Gasteiger partial charge on any atom is -0.207 e. The summed E-state index contributed by atoms with van der Waals surface area (Å²) in [6, 6.07) is 7.25. The molecular weight excluding hydrogens is 350 g/mol. The van der Waals surface area contributed by atoms with Crippen LogP contribution >= 0.6 is 15.9 Å². The van der Waals surface area contributed by atoms with Crippen LogP contribution in [-0.4, -0.2) is 19.3 Å². The molecule has 118 valence electrons. The van der Waals surface area contributed by atoms with E-state index in [2.05, 4.69) is 27.6 Å². The molecule has 0 heterocycles. The fourth-order valence-corrected chi connectivity index (χ4v) is 4.99. The van der Waals surface area contributed by atoms with Gasteiger partial charge in [-0.15, -0.1) is 0 Å². The molecule has 2 atom stereocenters. The van der Waals surface area contributed by atoms with Crippen LogP contribution in [0.3, 0.4) is 0 Å². The Balaban J connectivity index is 2.09. The summed E-state index contributed by atoms with van der Waals surface area (Å²) in [6.07, 6.45) is 7.43. The lowest BCUT2D eigenvalue weighted by atomic mass is 10.1. The maximum absolute atomic E-state index is 12.5. The van der Waals surface area contributed by atoms with Crippen molar-refractivity contribution in [2.75, 3.05) is 0 Å². The normalized spacial score (nSPS) is 23.7. The molecule has 1 saturated carbocycles. The van der Waals surface area contributed by atoms with E-state index in [0.717, 1.165) is 32.1 Å². The molecule has 0 bridgehead atoms. The summed E-state index contributed by atoms with van der Waals surface area (Å²) >= 11 is 3.64. The Hall–Kier alpha value is -0.390. The van der Waals surface area contributed by atoms with Crippen molar-refractivity contribution in [1.29, 1.82) is 0 Å². The first-order chi connectivity index (χ1) is 10.0. The lowest BCUT2D eigenvalue weighted by Gasteiger charge is -2.21. The first-order valence-electron chi connectivity index (χ1n) is 7.78. The first kappa shape index (κ1) is 17.0. The zero-order valence-electron chi connectivity index (χ0n) is 12.5. The number of rotatable bonds is 5. The van der Waals surface area contributed by atoms with Crippen LogP contribution < -0.4 is 4.72 Å². The van der Waals surface area contributed by atoms with E-state index >= 15 is 0 Å². The lowest BCUT2D eigenvalue weighted by Crippen LogP contribution is -2.40. The molecule has 0 radical (unpaired) electrons. The summed E-state index contributed by atoms with van der Waals surface area (Å²) in [6.45, 7) is 2.12. The highest BCUT2D eigenvalue weighted by Crippen LogP contribution is 2.25. The zero-order chi connectivity index (χ0) is 15.3. The molecule has 0 aliphatic heterocycles. The molecule has 1 aliphatic rings. The number of nitrogens with one attached hydrogen (secondary N) is 1. The van der Waals surface area contributed by atoms with Crippen LogP contribution in [0, 0.1) is 0 Å². The van der Waals surface area contributed by atoms with E-state index in [0.29, 0.717) is 4.90 Å². The molecule has 5 heteroatoms. The first-order valence-corrected chi connectivity index (χ1v) is 10.2. The van der Waals surface area contributed by atoms with Crippen molar-refractivity contribution in [3.05, 3.63) is 29.8 Å². The third-order valence-corrected chi connectivity index (χ3v) is 6.61. The molecule has 0 saturated heterocycles. The molecule has 21 heavy (non-hydrogen) atoms. The quantitative estimate of drug-likeness (QED) is 0.625. The van der Waals surface area contributed by atoms with E-state index in [4.69, 9.17) is 0 Å². The third kappa shape index (κ3) is 4.80. The summed E-state index contributed by atoms with van der Waals surface area (Å²) in [5.74, 6) is 0. The Morgan fingerprint density at radius 3 is 2.48 bits per heavy atom. The molecule has 1 N–H and O–H groups in total. The number of hydrogen-bond acceptors (Lipinski definition) is 2. The molecule has 2 rings (SSSR count). The van der Waals surface area contributed by atoms with Gasteiger partial charge in [0, 0.05) is 10.9 Å². The Labute approximate surface area is 136 Å². The van der Waals surface area contributed by atoms with Crippen molar-refractivity contribution in [3.8, 4) is 0 Å². The van der Waals surface area contributed by atoms with Gasteiger partial charge in [-0.2, -0.15) is 0 Å². The van der Waals surface area contributed by atoms with Crippen molar-refractivity contribution < 1.29 is 8.42 Å². The van der Waals surface area contributed by atoms with E-state index in [1.165, 1.54) is 18.4 Å². The second kappa shape index (κ2) is 7.75. The summed E-state index contributed by atoms with van der Waals surface area (Å²) in [5, 5.41) is 0. The monoisotopic (exact) mass is 373 g/mol. The Morgan fingerprint density at radius 1 is 1.14 bits per heavy atom. The number of hydrogen-bond donors (Lipinski definition) is 1. The van der Waals surface area contributed by atoms with Crippen molar-refractivity contribution in [2.24, 2.45) is 0 Å². The van der Waals surface area contributed by atoms with Gasteiger partial charge in [-0.3, -0.25) is 0 Å². The maximum atomic E-state index is 12.5. The molecule has 0 spiro atoms. The Morgan fingerprint density at radius 2 is 1.81 bits per heavy atom. The van der Waals surface area contributed by atoms with Crippen LogP contribution in [0.1, 0.15) is 51.0 Å². The van der Waals surface area contributed by atoms with Crippen LogP contribution in [0.2, 0.25) is 0 Å². The van der Waals surface area contributed by atoms with Gasteiger partial charge in [-0.1, -0.05) is 60.7 Å². The van der Waals surface area contributed by atoms with Crippen LogP contribution in [0.15, 0.2) is 29.2 Å². The predicted octanol–water partition coefficient (Wildman–Crippen LogP) is 4.01. The zero-order valence-corrected chi connectivity index (χ0v) is 14.9. The second-order valence-corrected chi connectivity index (χ2v) is 8.67. The van der Waals surface area contributed by atoms with E-state index < -0.39 is 10.0 Å². The molecule has 1 aromatic carbocycles. The summed E-state index contributed by atoms with van der Waals surface area (Å²) in [5.41, 5.74) is 1.18. The smallest absolute Gasteiger partial charge is 0.207 e. The highest BCUT2D eigenvalue weighted by Gasteiger charge is 2.26. The molecular formula is C16H24BrNO2S. The minimum absolute atomic E-state index is 0.00665. The average Bonchev–Trinajstić information content (AvgIpc) is 2.65. The van der Waals surface area contributed by atoms with E-state index in [1.807, 2.05) is 12.1 Å². The standard InChI is InChI=1S/C16H24BrNO2S/c1-2-6-13-9-11-14(12-10-13)21(19,20)18-16-8-5-3-4-7-15(16)17/h9-12,15-16,18H,2-8H2,1H3. The molecule has 3 nitrogen and oxygen atoms in total. The number of aryl methyl sites for hydroxylation is 1. The van der Waals surface area contributed by atoms with Crippen molar-refractivity contribution in [2.45, 2.75) is 67.6 Å².